The summed E-state index contributed by atoms with van der Waals surface area (Å²) in [6.45, 7) is 4.16. The van der Waals surface area contributed by atoms with Crippen molar-refractivity contribution < 1.29 is 14.3 Å². The highest BCUT2D eigenvalue weighted by atomic mass is 35.5. The van der Waals surface area contributed by atoms with Crippen molar-refractivity contribution in [3.05, 3.63) is 130 Å². The molecule has 0 unspecified atom stereocenters. The average Bonchev–Trinajstić information content (AvgIpc) is 3.20. The second-order valence-corrected chi connectivity index (χ2v) is 9.16. The second kappa shape index (κ2) is 11.5. The zero-order chi connectivity index (χ0) is 25.6. The molecule has 0 N–H and O–H groups in total. The van der Waals surface area contributed by atoms with Gasteiger partial charge in [-0.1, -0.05) is 84.4 Å². The Kier molecular flexibility index (Phi) is 7.69. The molecule has 0 radical (unpaired) electrons. The standard InChI is InChI=1S/C32H28ClNO3/c1-2-36-20-21-37-27-18-12-23(13-19-27)22-34-29-11-7-6-10-28(29)31(32(34)35)30(24-8-4-3-5-9-24)25-14-16-26(33)17-15-25/h3-19H,2,20-22H2,1H3. The molecule has 0 spiro atoms. The number of anilines is 1. The van der Waals surface area contributed by atoms with Crippen molar-refractivity contribution in [1.29, 1.82) is 0 Å². The summed E-state index contributed by atoms with van der Waals surface area (Å²) in [7, 11) is 0. The Morgan fingerprint density at radius 1 is 0.784 bits per heavy atom. The molecule has 1 amide bonds. The third-order valence-corrected chi connectivity index (χ3v) is 6.59. The van der Waals surface area contributed by atoms with Gasteiger partial charge in [-0.25, -0.2) is 0 Å². The quantitative estimate of drug-likeness (QED) is 0.176. The van der Waals surface area contributed by atoms with E-state index in [1.165, 1.54) is 0 Å². The van der Waals surface area contributed by atoms with Crippen LogP contribution >= 0.6 is 11.6 Å². The molecule has 0 atom stereocenters. The van der Waals surface area contributed by atoms with Crippen LogP contribution in [0.15, 0.2) is 103 Å². The summed E-state index contributed by atoms with van der Waals surface area (Å²) in [5.41, 5.74) is 6.38. The number of carbonyl (C=O) groups excluding carboxylic acids is 1. The molecule has 1 aliphatic heterocycles. The number of rotatable bonds is 9. The van der Waals surface area contributed by atoms with Crippen LogP contribution in [0.25, 0.3) is 11.1 Å². The number of hydrogen-bond donors (Lipinski definition) is 0. The van der Waals surface area contributed by atoms with E-state index in [4.69, 9.17) is 21.1 Å². The molecule has 4 aromatic carbocycles. The van der Waals surface area contributed by atoms with Crippen molar-refractivity contribution >= 4 is 34.3 Å². The van der Waals surface area contributed by atoms with Gasteiger partial charge in [0.2, 0.25) is 0 Å². The van der Waals surface area contributed by atoms with Gasteiger partial charge in [0.05, 0.1) is 24.4 Å². The predicted molar refractivity (Wildman–Crippen MR) is 150 cm³/mol. The maximum atomic E-state index is 14.1. The van der Waals surface area contributed by atoms with E-state index in [0.717, 1.165) is 39.3 Å². The molecular weight excluding hydrogens is 482 g/mol. The molecule has 1 heterocycles. The van der Waals surface area contributed by atoms with E-state index in [2.05, 4.69) is 0 Å². The monoisotopic (exact) mass is 509 g/mol. The lowest BCUT2D eigenvalue weighted by Gasteiger charge is -2.18. The third-order valence-electron chi connectivity index (χ3n) is 6.33. The molecule has 0 aliphatic carbocycles. The van der Waals surface area contributed by atoms with E-state index in [1.807, 2.05) is 115 Å². The molecule has 0 fully saturated rings. The van der Waals surface area contributed by atoms with Crippen LogP contribution in [0.2, 0.25) is 5.02 Å². The third kappa shape index (κ3) is 5.46. The minimum Gasteiger partial charge on any atom is -0.491 e. The first-order chi connectivity index (χ1) is 18.2. The number of hydrogen-bond acceptors (Lipinski definition) is 3. The molecule has 0 saturated carbocycles. The lowest BCUT2D eigenvalue weighted by Crippen LogP contribution is -2.26. The summed E-state index contributed by atoms with van der Waals surface area (Å²) in [6, 6.07) is 33.6. The van der Waals surface area contributed by atoms with Crippen LogP contribution in [0.5, 0.6) is 5.75 Å². The molecule has 0 saturated heterocycles. The molecule has 186 valence electrons. The summed E-state index contributed by atoms with van der Waals surface area (Å²) in [4.78, 5) is 16.0. The van der Waals surface area contributed by atoms with E-state index >= 15 is 0 Å². The zero-order valence-corrected chi connectivity index (χ0v) is 21.4. The Labute approximate surface area is 222 Å². The number of halogens is 1. The van der Waals surface area contributed by atoms with Gasteiger partial charge in [0.15, 0.2) is 0 Å². The van der Waals surface area contributed by atoms with Crippen molar-refractivity contribution in [2.45, 2.75) is 13.5 Å². The van der Waals surface area contributed by atoms with Crippen LogP contribution < -0.4 is 9.64 Å². The number of ether oxygens (including phenoxy) is 2. The van der Waals surface area contributed by atoms with Crippen LogP contribution in [0.1, 0.15) is 29.2 Å². The molecule has 0 bridgehead atoms. The van der Waals surface area contributed by atoms with Gasteiger partial charge in [0.1, 0.15) is 12.4 Å². The van der Waals surface area contributed by atoms with E-state index in [9.17, 15) is 4.79 Å². The van der Waals surface area contributed by atoms with Gasteiger partial charge in [-0.15, -0.1) is 0 Å². The zero-order valence-electron chi connectivity index (χ0n) is 20.7. The summed E-state index contributed by atoms with van der Waals surface area (Å²) in [5, 5.41) is 0.659. The van der Waals surface area contributed by atoms with Crippen LogP contribution in [0.4, 0.5) is 5.69 Å². The van der Waals surface area contributed by atoms with Crippen molar-refractivity contribution in [1.82, 2.24) is 0 Å². The summed E-state index contributed by atoms with van der Waals surface area (Å²) >= 11 is 6.19. The molecule has 4 aromatic rings. The van der Waals surface area contributed by atoms with E-state index < -0.39 is 0 Å². The number of benzene rings is 4. The lowest BCUT2D eigenvalue weighted by molar-refractivity contribution is -0.113. The van der Waals surface area contributed by atoms with Gasteiger partial charge >= 0.3 is 0 Å². The smallest absolute Gasteiger partial charge is 0.259 e. The van der Waals surface area contributed by atoms with Crippen molar-refractivity contribution in [2.24, 2.45) is 0 Å². The molecule has 5 rings (SSSR count). The highest BCUT2D eigenvalue weighted by molar-refractivity contribution is 6.39. The molecule has 0 aromatic heterocycles. The summed E-state index contributed by atoms with van der Waals surface area (Å²) < 4.78 is 11.1. The highest BCUT2D eigenvalue weighted by Crippen LogP contribution is 2.43. The Balaban J connectivity index is 1.51. The Hall–Kier alpha value is -3.86. The Morgan fingerprint density at radius 2 is 1.46 bits per heavy atom. The van der Waals surface area contributed by atoms with Crippen molar-refractivity contribution in [2.75, 3.05) is 24.7 Å². The SMILES string of the molecule is CCOCCOc1ccc(CN2C(=O)C(=C(c3ccccc3)c3ccc(Cl)cc3)c3ccccc32)cc1. The summed E-state index contributed by atoms with van der Waals surface area (Å²) in [5.74, 6) is 0.762. The van der Waals surface area contributed by atoms with E-state index in [0.29, 0.717) is 37.0 Å². The maximum Gasteiger partial charge on any atom is 0.259 e. The van der Waals surface area contributed by atoms with Gasteiger partial charge in [-0.3, -0.25) is 4.79 Å². The van der Waals surface area contributed by atoms with E-state index in [1.54, 1.807) is 0 Å². The number of para-hydroxylation sites is 1. The van der Waals surface area contributed by atoms with Gasteiger partial charge in [0, 0.05) is 22.8 Å². The largest absolute Gasteiger partial charge is 0.491 e. The normalized spacial score (nSPS) is 14.0. The fourth-order valence-corrected chi connectivity index (χ4v) is 4.72. The van der Waals surface area contributed by atoms with Gasteiger partial charge in [0.25, 0.3) is 5.91 Å². The van der Waals surface area contributed by atoms with Crippen LogP contribution in [0, 0.1) is 0 Å². The maximum absolute atomic E-state index is 14.1. The van der Waals surface area contributed by atoms with Crippen LogP contribution in [0.3, 0.4) is 0 Å². The minimum absolute atomic E-state index is 0.0213. The Morgan fingerprint density at radius 3 is 2.19 bits per heavy atom. The minimum atomic E-state index is -0.0213. The molecule has 5 heteroatoms. The Bertz CT molecular complexity index is 1400. The first-order valence-corrected chi connectivity index (χ1v) is 12.8. The van der Waals surface area contributed by atoms with Crippen molar-refractivity contribution in [3.8, 4) is 5.75 Å². The van der Waals surface area contributed by atoms with Crippen LogP contribution in [-0.4, -0.2) is 25.7 Å². The number of fused-ring (bicyclic) bond motifs is 1. The average molecular weight is 510 g/mol. The van der Waals surface area contributed by atoms with Gasteiger partial charge in [-0.2, -0.15) is 0 Å². The first kappa shape index (κ1) is 24.8. The van der Waals surface area contributed by atoms with Crippen molar-refractivity contribution in [3.63, 3.8) is 0 Å². The number of nitrogens with zero attached hydrogens (tertiary/aromatic N) is 1. The topological polar surface area (TPSA) is 38.8 Å². The first-order valence-electron chi connectivity index (χ1n) is 12.4. The lowest BCUT2D eigenvalue weighted by atomic mass is 9.90. The van der Waals surface area contributed by atoms with Crippen LogP contribution in [-0.2, 0) is 16.1 Å². The fraction of sp³-hybridized carbons (Fsp3) is 0.156. The molecule has 4 nitrogen and oxygen atoms in total. The van der Waals surface area contributed by atoms with E-state index in [-0.39, 0.29) is 5.91 Å². The molecule has 37 heavy (non-hydrogen) atoms. The molecular formula is C32H28ClNO3. The predicted octanol–water partition coefficient (Wildman–Crippen LogP) is 7.26. The highest BCUT2D eigenvalue weighted by Gasteiger charge is 2.35. The van der Waals surface area contributed by atoms with Gasteiger partial charge < -0.3 is 14.4 Å². The second-order valence-electron chi connectivity index (χ2n) is 8.72. The molecule has 1 aliphatic rings. The van der Waals surface area contributed by atoms with Gasteiger partial charge in [-0.05, 0) is 53.9 Å². The number of carbonyl (C=O) groups is 1. The fourth-order valence-electron chi connectivity index (χ4n) is 4.59. The number of amides is 1. The summed E-state index contributed by atoms with van der Waals surface area (Å²) in [6.07, 6.45) is 0.